The first-order valence-electron chi connectivity index (χ1n) is 8.43. The number of hydrogen-bond acceptors (Lipinski definition) is 5. The maximum Gasteiger partial charge on any atom is 0.307 e. The van der Waals surface area contributed by atoms with E-state index in [9.17, 15) is 18.0 Å². The van der Waals surface area contributed by atoms with E-state index in [2.05, 4.69) is 10.0 Å². The van der Waals surface area contributed by atoms with E-state index < -0.39 is 28.0 Å². The van der Waals surface area contributed by atoms with Crippen LogP contribution in [-0.4, -0.2) is 32.4 Å². The molecule has 1 aromatic rings. The fourth-order valence-electron chi connectivity index (χ4n) is 2.07. The molecule has 2 N–H and O–H groups in total. The Morgan fingerprint density at radius 3 is 2.08 bits per heavy atom. The SMILES string of the molecule is CC(C)NS(=O)(=O)c1ccc(NC(=O)[C@@H](C)OC(=O)CC(C)(C)C)cc1. The van der Waals surface area contributed by atoms with E-state index in [1.807, 2.05) is 20.8 Å². The summed E-state index contributed by atoms with van der Waals surface area (Å²) in [5.74, 6) is -0.926. The molecule has 8 heteroatoms. The molecule has 1 atom stereocenters. The van der Waals surface area contributed by atoms with Crippen molar-refractivity contribution in [2.24, 2.45) is 5.41 Å². The Balaban J connectivity index is 2.69. The van der Waals surface area contributed by atoms with E-state index >= 15 is 0 Å². The maximum atomic E-state index is 12.1. The summed E-state index contributed by atoms with van der Waals surface area (Å²) in [6.45, 7) is 10.7. The topological polar surface area (TPSA) is 102 Å². The number of sulfonamides is 1. The first-order chi connectivity index (χ1) is 11.8. The molecular formula is C18H28N2O5S. The second kappa shape index (κ2) is 8.64. The number of anilines is 1. The van der Waals surface area contributed by atoms with Crippen molar-refractivity contribution in [1.82, 2.24) is 4.72 Å². The third kappa shape index (κ3) is 7.53. The minimum Gasteiger partial charge on any atom is -0.453 e. The van der Waals surface area contributed by atoms with E-state index in [1.165, 1.54) is 31.2 Å². The Kier molecular flexibility index (Phi) is 7.35. The largest absolute Gasteiger partial charge is 0.453 e. The van der Waals surface area contributed by atoms with Crippen LogP contribution in [0.4, 0.5) is 5.69 Å². The molecule has 0 aliphatic carbocycles. The Morgan fingerprint density at radius 2 is 1.62 bits per heavy atom. The maximum absolute atomic E-state index is 12.1. The summed E-state index contributed by atoms with van der Waals surface area (Å²) < 4.78 is 31.7. The van der Waals surface area contributed by atoms with E-state index in [1.54, 1.807) is 13.8 Å². The summed E-state index contributed by atoms with van der Waals surface area (Å²) in [7, 11) is -3.59. The minimum atomic E-state index is -3.59. The number of carbonyl (C=O) groups is 2. The fourth-order valence-corrected chi connectivity index (χ4v) is 3.32. The molecule has 0 saturated carbocycles. The molecule has 7 nitrogen and oxygen atoms in total. The monoisotopic (exact) mass is 384 g/mol. The van der Waals surface area contributed by atoms with Crippen LogP contribution < -0.4 is 10.0 Å². The Morgan fingerprint density at radius 1 is 1.08 bits per heavy atom. The van der Waals surface area contributed by atoms with E-state index in [-0.39, 0.29) is 22.8 Å². The van der Waals surface area contributed by atoms with E-state index in [4.69, 9.17) is 4.74 Å². The van der Waals surface area contributed by atoms with E-state index in [0.29, 0.717) is 5.69 Å². The first kappa shape index (κ1) is 22.1. The molecule has 146 valence electrons. The number of esters is 1. The van der Waals surface area contributed by atoms with Crippen LogP contribution in [0.1, 0.15) is 48.0 Å². The minimum absolute atomic E-state index is 0.105. The summed E-state index contributed by atoms with van der Waals surface area (Å²) in [4.78, 5) is 24.0. The van der Waals surface area contributed by atoms with Gasteiger partial charge in [0.15, 0.2) is 6.10 Å². The number of rotatable bonds is 7. The summed E-state index contributed by atoms with van der Waals surface area (Å²) in [5, 5.41) is 2.60. The smallest absolute Gasteiger partial charge is 0.307 e. The van der Waals surface area contributed by atoms with Crippen molar-refractivity contribution in [1.29, 1.82) is 0 Å². The van der Waals surface area contributed by atoms with Gasteiger partial charge in [0.1, 0.15) is 0 Å². The molecular weight excluding hydrogens is 356 g/mol. The normalized spacial score (nSPS) is 13.3. The van der Waals surface area contributed by atoms with Crippen LogP contribution >= 0.6 is 0 Å². The van der Waals surface area contributed by atoms with Gasteiger partial charge in [-0.15, -0.1) is 0 Å². The van der Waals surface area contributed by atoms with Gasteiger partial charge in [0.05, 0.1) is 11.3 Å². The number of hydrogen-bond donors (Lipinski definition) is 2. The molecule has 0 aliphatic rings. The molecule has 0 aromatic heterocycles. The second-order valence-corrected chi connectivity index (χ2v) is 9.37. The molecule has 26 heavy (non-hydrogen) atoms. The predicted octanol–water partition coefficient (Wildman–Crippen LogP) is 2.68. The highest BCUT2D eigenvalue weighted by Gasteiger charge is 2.22. The van der Waals surface area contributed by atoms with Crippen LogP contribution in [0.15, 0.2) is 29.2 Å². The summed E-state index contributed by atoms with van der Waals surface area (Å²) >= 11 is 0. The second-order valence-electron chi connectivity index (χ2n) is 7.66. The fraction of sp³-hybridized carbons (Fsp3) is 0.556. The van der Waals surface area contributed by atoms with Crippen molar-refractivity contribution in [2.75, 3.05) is 5.32 Å². The van der Waals surface area contributed by atoms with Crippen molar-refractivity contribution >= 4 is 27.6 Å². The van der Waals surface area contributed by atoms with Gasteiger partial charge in [-0.05, 0) is 50.5 Å². The molecule has 0 unspecified atom stereocenters. The average molecular weight is 384 g/mol. The van der Waals surface area contributed by atoms with Gasteiger partial charge in [-0.2, -0.15) is 0 Å². The van der Waals surface area contributed by atoms with Crippen molar-refractivity contribution < 1.29 is 22.7 Å². The molecule has 0 bridgehead atoms. The Bertz CT molecular complexity index is 734. The van der Waals surface area contributed by atoms with Crippen molar-refractivity contribution in [3.05, 3.63) is 24.3 Å². The summed E-state index contributed by atoms with van der Waals surface area (Å²) in [6, 6.07) is 5.54. The number of ether oxygens (including phenoxy) is 1. The molecule has 0 fully saturated rings. The van der Waals surface area contributed by atoms with Crippen LogP contribution in [0.2, 0.25) is 0 Å². The zero-order chi connectivity index (χ0) is 20.1. The Labute approximate surface area is 155 Å². The highest BCUT2D eigenvalue weighted by atomic mass is 32.2. The van der Waals surface area contributed by atoms with Gasteiger partial charge in [-0.3, -0.25) is 9.59 Å². The predicted molar refractivity (Wildman–Crippen MR) is 100 cm³/mol. The van der Waals surface area contributed by atoms with Crippen LogP contribution in [0.25, 0.3) is 0 Å². The lowest BCUT2D eigenvalue weighted by Gasteiger charge is -2.19. The number of benzene rings is 1. The van der Waals surface area contributed by atoms with Crippen LogP contribution in [0.3, 0.4) is 0 Å². The van der Waals surface area contributed by atoms with Gasteiger partial charge in [-0.1, -0.05) is 20.8 Å². The molecule has 0 saturated heterocycles. The lowest BCUT2D eigenvalue weighted by atomic mass is 9.92. The molecule has 1 aromatic carbocycles. The lowest BCUT2D eigenvalue weighted by molar-refractivity contribution is -0.154. The third-order valence-electron chi connectivity index (χ3n) is 3.18. The van der Waals surface area contributed by atoms with Gasteiger partial charge in [0, 0.05) is 11.7 Å². The third-order valence-corrected chi connectivity index (χ3v) is 4.85. The quantitative estimate of drug-likeness (QED) is 0.704. The first-order valence-corrected chi connectivity index (χ1v) is 9.91. The standard InChI is InChI=1S/C18H28N2O5S/c1-12(2)20-26(23,24)15-9-7-14(8-10-15)19-17(22)13(3)25-16(21)11-18(4,5)6/h7-10,12-13,20H,11H2,1-6H3,(H,19,22)/t13-/m1/s1. The highest BCUT2D eigenvalue weighted by Crippen LogP contribution is 2.20. The van der Waals surface area contributed by atoms with E-state index in [0.717, 1.165) is 0 Å². The van der Waals surface area contributed by atoms with Crippen LogP contribution in [0.5, 0.6) is 0 Å². The number of amides is 1. The highest BCUT2D eigenvalue weighted by molar-refractivity contribution is 7.89. The van der Waals surface area contributed by atoms with Gasteiger partial charge < -0.3 is 10.1 Å². The molecule has 0 spiro atoms. The number of nitrogens with one attached hydrogen (secondary N) is 2. The molecule has 1 rings (SSSR count). The van der Waals surface area contributed by atoms with Crippen molar-refractivity contribution in [2.45, 2.75) is 65.0 Å². The zero-order valence-electron chi connectivity index (χ0n) is 16.1. The van der Waals surface area contributed by atoms with Crippen LogP contribution in [0, 0.1) is 5.41 Å². The van der Waals surface area contributed by atoms with Gasteiger partial charge in [-0.25, -0.2) is 13.1 Å². The average Bonchev–Trinajstić information content (AvgIpc) is 2.44. The van der Waals surface area contributed by atoms with Crippen molar-refractivity contribution in [3.63, 3.8) is 0 Å². The molecule has 0 heterocycles. The van der Waals surface area contributed by atoms with Gasteiger partial charge in [0.25, 0.3) is 5.91 Å². The lowest BCUT2D eigenvalue weighted by Crippen LogP contribution is -2.31. The number of carbonyl (C=O) groups excluding carboxylic acids is 2. The van der Waals surface area contributed by atoms with Gasteiger partial charge >= 0.3 is 5.97 Å². The Hall–Kier alpha value is -1.93. The summed E-state index contributed by atoms with van der Waals surface area (Å²) in [5.41, 5.74) is 0.191. The van der Waals surface area contributed by atoms with Crippen LogP contribution in [-0.2, 0) is 24.3 Å². The molecule has 1 amide bonds. The van der Waals surface area contributed by atoms with Crippen molar-refractivity contribution in [3.8, 4) is 0 Å². The molecule has 0 aliphatic heterocycles. The summed E-state index contributed by atoms with van der Waals surface area (Å²) in [6.07, 6.45) is -0.740. The van der Waals surface area contributed by atoms with Gasteiger partial charge in [0.2, 0.25) is 10.0 Å². The molecule has 0 radical (unpaired) electrons. The zero-order valence-corrected chi connectivity index (χ0v) is 16.9.